The largest absolute Gasteiger partial charge is 0.369 e. The zero-order chi connectivity index (χ0) is 8.97. The maximum absolute atomic E-state index is 5.38. The summed E-state index contributed by atoms with van der Waals surface area (Å²) < 4.78 is 1.04. The molecule has 1 rings (SSSR count). The first-order valence-electron chi connectivity index (χ1n) is 3.29. The highest BCUT2D eigenvalue weighted by Crippen LogP contribution is 2.19. The average molecular weight is 276 g/mol. The molecule has 0 bridgehead atoms. The summed E-state index contributed by atoms with van der Waals surface area (Å²) in [6, 6.07) is 7.65. The van der Waals surface area contributed by atoms with Crippen molar-refractivity contribution in [1.82, 2.24) is 5.43 Å². The van der Waals surface area contributed by atoms with Crippen molar-refractivity contribution in [3.8, 4) is 0 Å². The molecule has 5 heteroatoms. The second-order valence-corrected chi connectivity index (χ2v) is 3.25. The van der Waals surface area contributed by atoms with Crippen LogP contribution in [0.2, 0.25) is 0 Å². The van der Waals surface area contributed by atoms with E-state index in [0.29, 0.717) is 0 Å². The van der Waals surface area contributed by atoms with Gasteiger partial charge in [-0.15, -0.1) is 0 Å². The van der Waals surface area contributed by atoms with Crippen LogP contribution in [-0.4, -0.2) is 5.96 Å². The third kappa shape index (κ3) is 2.35. The zero-order valence-electron chi connectivity index (χ0n) is 6.29. The van der Waals surface area contributed by atoms with Crippen LogP contribution >= 0.6 is 22.6 Å². The summed E-state index contributed by atoms with van der Waals surface area (Å²) in [5, 5.41) is 0. The quantitative estimate of drug-likeness (QED) is 0.232. The van der Waals surface area contributed by atoms with Gasteiger partial charge in [0.2, 0.25) is 5.96 Å². The molecule has 0 aliphatic heterocycles. The molecule has 0 aliphatic carbocycles. The monoisotopic (exact) mass is 276 g/mol. The van der Waals surface area contributed by atoms with Crippen molar-refractivity contribution < 1.29 is 0 Å². The smallest absolute Gasteiger partial charge is 0.208 e. The summed E-state index contributed by atoms with van der Waals surface area (Å²) in [7, 11) is 0. The lowest BCUT2D eigenvalue weighted by Crippen LogP contribution is -2.36. The van der Waals surface area contributed by atoms with Crippen molar-refractivity contribution in [3.05, 3.63) is 27.8 Å². The molecular formula is C7H9IN4. The van der Waals surface area contributed by atoms with Crippen LogP contribution in [0, 0.1) is 3.57 Å². The topological polar surface area (TPSA) is 76.4 Å². The number of hydrogen-bond acceptors (Lipinski definition) is 2. The normalized spacial score (nSPS) is 11.3. The van der Waals surface area contributed by atoms with Crippen LogP contribution < -0.4 is 17.0 Å². The van der Waals surface area contributed by atoms with Gasteiger partial charge in [-0.3, -0.25) is 5.43 Å². The van der Waals surface area contributed by atoms with E-state index in [1.807, 2.05) is 24.3 Å². The van der Waals surface area contributed by atoms with Gasteiger partial charge in [0.25, 0.3) is 0 Å². The molecular weight excluding hydrogens is 267 g/mol. The minimum Gasteiger partial charge on any atom is -0.369 e. The standard InChI is InChI=1S/C7H9IN4/c8-5-3-1-2-4-6(5)11-7(9)12-10/h1-4H,10H2,(H3,9,11,12). The second kappa shape index (κ2) is 4.27. The molecule has 0 aromatic heterocycles. The first kappa shape index (κ1) is 9.27. The Balaban J connectivity index is 2.96. The van der Waals surface area contributed by atoms with Crippen LogP contribution in [0.5, 0.6) is 0 Å². The lowest BCUT2D eigenvalue weighted by atomic mass is 10.3. The van der Waals surface area contributed by atoms with Crippen LogP contribution in [0.25, 0.3) is 0 Å². The number of aliphatic imine (C=N–C) groups is 1. The predicted molar refractivity (Wildman–Crippen MR) is 57.8 cm³/mol. The summed E-state index contributed by atoms with van der Waals surface area (Å²) in [4.78, 5) is 4.03. The van der Waals surface area contributed by atoms with Gasteiger partial charge in [-0.1, -0.05) is 12.1 Å². The Morgan fingerprint density at radius 2 is 2.08 bits per heavy atom. The highest BCUT2D eigenvalue weighted by Gasteiger charge is 1.95. The Labute approximate surface area is 84.2 Å². The van der Waals surface area contributed by atoms with Crippen molar-refractivity contribution in [3.63, 3.8) is 0 Å². The highest BCUT2D eigenvalue weighted by atomic mass is 127. The molecule has 0 fully saturated rings. The van der Waals surface area contributed by atoms with E-state index < -0.39 is 0 Å². The number of hydrogen-bond donors (Lipinski definition) is 3. The molecule has 0 saturated heterocycles. The molecule has 12 heavy (non-hydrogen) atoms. The van der Waals surface area contributed by atoms with Crippen LogP contribution in [0.1, 0.15) is 0 Å². The van der Waals surface area contributed by atoms with Crippen LogP contribution in [-0.2, 0) is 0 Å². The average Bonchev–Trinajstić information content (AvgIpc) is 2.09. The fraction of sp³-hybridized carbons (Fsp3) is 0. The maximum atomic E-state index is 5.38. The summed E-state index contributed by atoms with van der Waals surface area (Å²) in [6.07, 6.45) is 0. The molecule has 0 amide bonds. The third-order valence-corrected chi connectivity index (χ3v) is 2.15. The van der Waals surface area contributed by atoms with E-state index in [2.05, 4.69) is 33.0 Å². The summed E-state index contributed by atoms with van der Waals surface area (Å²) in [6.45, 7) is 0. The number of guanidine groups is 1. The molecule has 0 saturated carbocycles. The Bertz CT molecular complexity index is 297. The van der Waals surface area contributed by atoms with Gasteiger partial charge >= 0.3 is 0 Å². The van der Waals surface area contributed by atoms with Crippen molar-refractivity contribution in [1.29, 1.82) is 0 Å². The van der Waals surface area contributed by atoms with E-state index >= 15 is 0 Å². The van der Waals surface area contributed by atoms with Crippen LogP contribution in [0.3, 0.4) is 0 Å². The molecule has 0 unspecified atom stereocenters. The van der Waals surface area contributed by atoms with Gasteiger partial charge in [-0.05, 0) is 34.7 Å². The van der Waals surface area contributed by atoms with Crippen molar-refractivity contribution >= 4 is 34.2 Å². The van der Waals surface area contributed by atoms with E-state index in [0.717, 1.165) is 9.26 Å². The number of halogens is 1. The van der Waals surface area contributed by atoms with Crippen molar-refractivity contribution in [2.24, 2.45) is 16.6 Å². The van der Waals surface area contributed by atoms with Gasteiger partial charge in [-0.2, -0.15) is 0 Å². The Morgan fingerprint density at radius 3 is 2.67 bits per heavy atom. The number of nitrogens with zero attached hydrogens (tertiary/aromatic N) is 1. The van der Waals surface area contributed by atoms with Gasteiger partial charge in [0.05, 0.1) is 5.69 Å². The fourth-order valence-electron chi connectivity index (χ4n) is 0.704. The molecule has 1 aromatic carbocycles. The molecule has 1 aromatic rings. The molecule has 0 heterocycles. The minimum atomic E-state index is 0.208. The van der Waals surface area contributed by atoms with E-state index in [1.165, 1.54) is 0 Å². The molecule has 0 spiro atoms. The fourth-order valence-corrected chi connectivity index (χ4v) is 1.21. The van der Waals surface area contributed by atoms with Gasteiger partial charge in [0, 0.05) is 3.57 Å². The second-order valence-electron chi connectivity index (χ2n) is 2.09. The van der Waals surface area contributed by atoms with Crippen LogP contribution in [0.4, 0.5) is 5.69 Å². The van der Waals surface area contributed by atoms with E-state index in [4.69, 9.17) is 11.6 Å². The molecule has 0 aliphatic rings. The Hall–Kier alpha value is -0.820. The number of rotatable bonds is 1. The van der Waals surface area contributed by atoms with Crippen molar-refractivity contribution in [2.45, 2.75) is 0 Å². The zero-order valence-corrected chi connectivity index (χ0v) is 8.45. The van der Waals surface area contributed by atoms with Gasteiger partial charge in [0.1, 0.15) is 0 Å². The molecule has 4 nitrogen and oxygen atoms in total. The SMILES string of the molecule is NNC(N)=Nc1ccccc1I. The van der Waals surface area contributed by atoms with Gasteiger partial charge in [-0.25, -0.2) is 10.8 Å². The Kier molecular flexibility index (Phi) is 3.30. The number of benzene rings is 1. The van der Waals surface area contributed by atoms with Crippen LogP contribution in [0.15, 0.2) is 29.3 Å². The van der Waals surface area contributed by atoms with E-state index in [9.17, 15) is 0 Å². The maximum Gasteiger partial charge on any atom is 0.208 e. The van der Waals surface area contributed by atoms with Crippen molar-refractivity contribution in [2.75, 3.05) is 0 Å². The third-order valence-electron chi connectivity index (χ3n) is 1.24. The van der Waals surface area contributed by atoms with Gasteiger partial charge < -0.3 is 5.73 Å². The Morgan fingerprint density at radius 1 is 1.42 bits per heavy atom. The summed E-state index contributed by atoms with van der Waals surface area (Å²) in [5.41, 5.74) is 8.46. The molecule has 0 radical (unpaired) electrons. The van der Waals surface area contributed by atoms with Gasteiger partial charge in [0.15, 0.2) is 0 Å². The number of nitrogens with two attached hydrogens (primary N) is 2. The molecule has 64 valence electrons. The first-order valence-corrected chi connectivity index (χ1v) is 4.37. The minimum absolute atomic E-state index is 0.208. The van der Waals surface area contributed by atoms with E-state index in [1.54, 1.807) is 0 Å². The number of nitrogens with one attached hydrogen (secondary N) is 1. The first-order chi connectivity index (χ1) is 5.74. The molecule has 0 atom stereocenters. The lowest BCUT2D eigenvalue weighted by molar-refractivity contribution is 1.01. The highest BCUT2D eigenvalue weighted by molar-refractivity contribution is 14.1. The molecule has 5 N–H and O–H groups in total. The number of para-hydroxylation sites is 1. The summed E-state index contributed by atoms with van der Waals surface area (Å²) >= 11 is 2.18. The van der Waals surface area contributed by atoms with E-state index in [-0.39, 0.29) is 5.96 Å². The number of hydrazine groups is 1. The summed E-state index contributed by atoms with van der Waals surface area (Å²) in [5.74, 6) is 5.27. The lowest BCUT2D eigenvalue weighted by Gasteiger charge is -1.99. The predicted octanol–water partition coefficient (Wildman–Crippen LogP) is 0.701.